The minimum absolute atomic E-state index is 0.104. The van der Waals surface area contributed by atoms with E-state index in [-0.39, 0.29) is 18.8 Å². The molecular weight excluding hydrogens is 202 g/mol. The van der Waals surface area contributed by atoms with Crippen molar-refractivity contribution in [3.63, 3.8) is 0 Å². The van der Waals surface area contributed by atoms with Gasteiger partial charge in [0.05, 0.1) is 12.7 Å². The lowest BCUT2D eigenvalue weighted by atomic mass is 10.2. The molecule has 0 spiro atoms. The third-order valence-corrected chi connectivity index (χ3v) is 2.25. The van der Waals surface area contributed by atoms with E-state index in [0.717, 1.165) is 11.3 Å². The average molecular weight is 223 g/mol. The van der Waals surface area contributed by atoms with Crippen LogP contribution in [-0.2, 0) is 6.54 Å². The molecule has 1 aromatic rings. The standard InChI is InChI=1S/C13H21NO2/c1-10(2)16-13-7-5-4-6-12(13)8-14-11(3)9-15/h4-7,10-11,14-15H,8-9H2,1-3H3/t11-/m0/s1. The van der Waals surface area contributed by atoms with Crippen LogP contribution >= 0.6 is 0 Å². The molecule has 0 aromatic heterocycles. The molecule has 3 nitrogen and oxygen atoms in total. The average Bonchev–Trinajstić information content (AvgIpc) is 2.26. The molecule has 0 fully saturated rings. The Labute approximate surface area is 97.4 Å². The predicted octanol–water partition coefficient (Wildman–Crippen LogP) is 1.94. The fourth-order valence-corrected chi connectivity index (χ4v) is 1.37. The van der Waals surface area contributed by atoms with Crippen LogP contribution in [-0.4, -0.2) is 23.9 Å². The molecule has 0 saturated carbocycles. The molecule has 0 unspecified atom stereocenters. The van der Waals surface area contributed by atoms with E-state index >= 15 is 0 Å². The molecule has 0 bridgehead atoms. The maximum atomic E-state index is 8.93. The highest BCUT2D eigenvalue weighted by Gasteiger charge is 2.06. The van der Waals surface area contributed by atoms with Gasteiger partial charge in [-0.2, -0.15) is 0 Å². The SMILES string of the molecule is CC(C)Oc1ccccc1CN[C@@H](C)CO. The lowest BCUT2D eigenvalue weighted by molar-refractivity contribution is 0.235. The van der Waals surface area contributed by atoms with E-state index in [4.69, 9.17) is 9.84 Å². The van der Waals surface area contributed by atoms with Crippen molar-refractivity contribution < 1.29 is 9.84 Å². The van der Waals surface area contributed by atoms with Crippen LogP contribution < -0.4 is 10.1 Å². The molecule has 0 saturated heterocycles. The summed E-state index contributed by atoms with van der Waals surface area (Å²) in [6.45, 7) is 6.84. The summed E-state index contributed by atoms with van der Waals surface area (Å²) in [6.07, 6.45) is 0.177. The van der Waals surface area contributed by atoms with E-state index in [2.05, 4.69) is 5.32 Å². The fourth-order valence-electron chi connectivity index (χ4n) is 1.37. The lowest BCUT2D eigenvalue weighted by Gasteiger charge is -2.16. The summed E-state index contributed by atoms with van der Waals surface area (Å²) in [4.78, 5) is 0. The third kappa shape index (κ3) is 4.21. The third-order valence-electron chi connectivity index (χ3n) is 2.25. The Morgan fingerprint density at radius 1 is 1.25 bits per heavy atom. The molecule has 0 amide bonds. The molecule has 2 N–H and O–H groups in total. The summed E-state index contributed by atoms with van der Waals surface area (Å²) in [6, 6.07) is 8.08. The van der Waals surface area contributed by atoms with E-state index in [9.17, 15) is 0 Å². The van der Waals surface area contributed by atoms with Crippen molar-refractivity contribution in [3.8, 4) is 5.75 Å². The summed E-state index contributed by atoms with van der Waals surface area (Å²) in [5.74, 6) is 0.912. The van der Waals surface area contributed by atoms with Crippen molar-refractivity contribution in [1.29, 1.82) is 0 Å². The van der Waals surface area contributed by atoms with Gasteiger partial charge in [-0.1, -0.05) is 18.2 Å². The smallest absolute Gasteiger partial charge is 0.124 e. The molecule has 1 atom stereocenters. The molecule has 0 aliphatic rings. The van der Waals surface area contributed by atoms with Crippen molar-refractivity contribution in [2.75, 3.05) is 6.61 Å². The summed E-state index contributed by atoms with van der Waals surface area (Å²) in [5, 5.41) is 12.2. The van der Waals surface area contributed by atoms with Gasteiger partial charge in [-0.15, -0.1) is 0 Å². The topological polar surface area (TPSA) is 41.5 Å². The number of ether oxygens (including phenoxy) is 1. The first-order valence-corrected chi connectivity index (χ1v) is 5.72. The van der Waals surface area contributed by atoms with Crippen molar-refractivity contribution in [3.05, 3.63) is 29.8 Å². The minimum Gasteiger partial charge on any atom is -0.491 e. The Morgan fingerprint density at radius 3 is 2.56 bits per heavy atom. The van der Waals surface area contributed by atoms with Crippen molar-refractivity contribution in [1.82, 2.24) is 5.32 Å². The van der Waals surface area contributed by atoms with Crippen LogP contribution in [0.15, 0.2) is 24.3 Å². The molecular formula is C13H21NO2. The molecule has 0 aliphatic carbocycles. The monoisotopic (exact) mass is 223 g/mol. The van der Waals surface area contributed by atoms with Crippen molar-refractivity contribution in [2.24, 2.45) is 0 Å². The summed E-state index contributed by atoms with van der Waals surface area (Å²) in [7, 11) is 0. The largest absolute Gasteiger partial charge is 0.491 e. The molecule has 1 aromatic carbocycles. The van der Waals surface area contributed by atoms with Gasteiger partial charge in [0, 0.05) is 18.2 Å². The van der Waals surface area contributed by atoms with E-state index < -0.39 is 0 Å². The van der Waals surface area contributed by atoms with Gasteiger partial charge in [0.25, 0.3) is 0 Å². The first kappa shape index (κ1) is 13.0. The predicted molar refractivity (Wildman–Crippen MR) is 65.6 cm³/mol. The number of hydrogen-bond acceptors (Lipinski definition) is 3. The number of nitrogens with one attached hydrogen (secondary N) is 1. The highest BCUT2D eigenvalue weighted by molar-refractivity contribution is 5.33. The Balaban J connectivity index is 2.63. The van der Waals surface area contributed by atoms with Gasteiger partial charge < -0.3 is 15.2 Å². The maximum absolute atomic E-state index is 8.93. The first-order valence-electron chi connectivity index (χ1n) is 5.72. The van der Waals surface area contributed by atoms with Gasteiger partial charge in [0.1, 0.15) is 5.75 Å². The highest BCUT2D eigenvalue weighted by atomic mass is 16.5. The van der Waals surface area contributed by atoms with Crippen LogP contribution in [0.2, 0.25) is 0 Å². The summed E-state index contributed by atoms with van der Waals surface area (Å²) in [5.41, 5.74) is 1.12. The molecule has 0 heterocycles. The van der Waals surface area contributed by atoms with Crippen LogP contribution in [0.25, 0.3) is 0 Å². The fraction of sp³-hybridized carbons (Fsp3) is 0.538. The van der Waals surface area contributed by atoms with Crippen LogP contribution in [0.5, 0.6) is 5.75 Å². The second-order valence-electron chi connectivity index (χ2n) is 4.24. The van der Waals surface area contributed by atoms with Crippen LogP contribution in [0, 0.1) is 0 Å². The van der Waals surface area contributed by atoms with Gasteiger partial charge in [-0.05, 0) is 26.8 Å². The zero-order valence-electron chi connectivity index (χ0n) is 10.2. The Kier molecular flexibility index (Phi) is 5.29. The van der Waals surface area contributed by atoms with E-state index in [1.807, 2.05) is 45.0 Å². The lowest BCUT2D eigenvalue weighted by Crippen LogP contribution is -2.28. The minimum atomic E-state index is 0.104. The summed E-state index contributed by atoms with van der Waals surface area (Å²) < 4.78 is 5.71. The normalized spacial score (nSPS) is 12.8. The highest BCUT2D eigenvalue weighted by Crippen LogP contribution is 2.19. The number of hydrogen-bond donors (Lipinski definition) is 2. The zero-order chi connectivity index (χ0) is 12.0. The van der Waals surface area contributed by atoms with Gasteiger partial charge in [0.15, 0.2) is 0 Å². The van der Waals surface area contributed by atoms with Crippen LogP contribution in [0.1, 0.15) is 26.3 Å². The van der Waals surface area contributed by atoms with Crippen LogP contribution in [0.4, 0.5) is 0 Å². The zero-order valence-corrected chi connectivity index (χ0v) is 10.2. The maximum Gasteiger partial charge on any atom is 0.124 e. The quantitative estimate of drug-likeness (QED) is 0.774. The number of para-hydroxylation sites is 1. The molecule has 90 valence electrons. The Bertz CT molecular complexity index is 313. The number of aliphatic hydroxyl groups is 1. The van der Waals surface area contributed by atoms with Crippen LogP contribution in [0.3, 0.4) is 0 Å². The van der Waals surface area contributed by atoms with Gasteiger partial charge in [0.2, 0.25) is 0 Å². The number of benzene rings is 1. The van der Waals surface area contributed by atoms with E-state index in [0.29, 0.717) is 6.54 Å². The second-order valence-corrected chi connectivity index (χ2v) is 4.24. The molecule has 0 aliphatic heterocycles. The molecule has 0 radical (unpaired) electrons. The van der Waals surface area contributed by atoms with E-state index in [1.165, 1.54) is 0 Å². The van der Waals surface area contributed by atoms with Gasteiger partial charge >= 0.3 is 0 Å². The second kappa shape index (κ2) is 6.51. The molecule has 1 rings (SSSR count). The molecule has 16 heavy (non-hydrogen) atoms. The Morgan fingerprint density at radius 2 is 1.94 bits per heavy atom. The van der Waals surface area contributed by atoms with Gasteiger partial charge in [-0.25, -0.2) is 0 Å². The Hall–Kier alpha value is -1.06. The first-order chi connectivity index (χ1) is 7.63. The van der Waals surface area contributed by atoms with Crippen molar-refractivity contribution in [2.45, 2.75) is 39.5 Å². The van der Waals surface area contributed by atoms with Crippen molar-refractivity contribution >= 4 is 0 Å². The summed E-state index contributed by atoms with van der Waals surface area (Å²) >= 11 is 0. The molecule has 3 heteroatoms. The van der Waals surface area contributed by atoms with Gasteiger partial charge in [-0.3, -0.25) is 0 Å². The number of rotatable bonds is 6. The van der Waals surface area contributed by atoms with E-state index in [1.54, 1.807) is 0 Å². The number of aliphatic hydroxyl groups excluding tert-OH is 1.